The Morgan fingerprint density at radius 3 is 2.64 bits per heavy atom. The SMILES string of the molecule is CNSc1ccc(NC2CCCCC2)c(/C(N)=N/N(N)C2CCN(C(=O)OC(C)(C)C)C2)c1. The molecule has 0 bridgehead atoms. The van der Waals surface area contributed by atoms with Crippen molar-refractivity contribution >= 4 is 29.6 Å². The Morgan fingerprint density at radius 1 is 1.24 bits per heavy atom. The van der Waals surface area contributed by atoms with Gasteiger partial charge in [0.2, 0.25) is 0 Å². The highest BCUT2D eigenvalue weighted by Crippen LogP contribution is 2.27. The highest BCUT2D eigenvalue weighted by Gasteiger charge is 2.32. The van der Waals surface area contributed by atoms with Crippen molar-refractivity contribution in [2.24, 2.45) is 16.7 Å². The largest absolute Gasteiger partial charge is 0.444 e. The summed E-state index contributed by atoms with van der Waals surface area (Å²) in [6.07, 6.45) is 6.49. The van der Waals surface area contributed by atoms with Gasteiger partial charge in [-0.05, 0) is 77.2 Å². The van der Waals surface area contributed by atoms with Crippen LogP contribution in [-0.4, -0.2) is 59.8 Å². The Bertz CT molecular complexity index is 837. The minimum absolute atomic E-state index is 0.124. The maximum Gasteiger partial charge on any atom is 0.410 e. The van der Waals surface area contributed by atoms with E-state index in [9.17, 15) is 4.79 Å². The number of anilines is 1. The van der Waals surface area contributed by atoms with E-state index in [1.165, 1.54) is 36.3 Å². The molecule has 1 saturated carbocycles. The molecule has 1 heterocycles. The van der Waals surface area contributed by atoms with Crippen LogP contribution < -0.4 is 21.6 Å². The summed E-state index contributed by atoms with van der Waals surface area (Å²) in [6.45, 7) is 6.60. The van der Waals surface area contributed by atoms with Crippen LogP contribution in [0.4, 0.5) is 10.5 Å². The Balaban J connectivity index is 1.72. The van der Waals surface area contributed by atoms with Crippen molar-refractivity contribution in [3.05, 3.63) is 23.8 Å². The number of hydrazine groups is 1. The van der Waals surface area contributed by atoms with Gasteiger partial charge in [-0.3, -0.25) is 4.72 Å². The lowest BCUT2D eigenvalue weighted by atomic mass is 9.95. The molecule has 0 aromatic heterocycles. The second-order valence-corrected chi connectivity index (χ2v) is 10.8. The second kappa shape index (κ2) is 11.3. The molecule has 1 saturated heterocycles. The van der Waals surface area contributed by atoms with Crippen molar-refractivity contribution in [3.63, 3.8) is 0 Å². The fraction of sp³-hybridized carbons (Fsp3) is 0.652. The summed E-state index contributed by atoms with van der Waals surface area (Å²) in [5, 5.41) is 9.57. The highest BCUT2D eigenvalue weighted by molar-refractivity contribution is 7.97. The van der Waals surface area contributed by atoms with E-state index in [0.29, 0.717) is 31.4 Å². The van der Waals surface area contributed by atoms with Crippen molar-refractivity contribution < 1.29 is 9.53 Å². The van der Waals surface area contributed by atoms with Gasteiger partial charge in [0.25, 0.3) is 0 Å². The van der Waals surface area contributed by atoms with Gasteiger partial charge in [0.15, 0.2) is 5.84 Å². The van der Waals surface area contributed by atoms with E-state index in [-0.39, 0.29) is 12.1 Å². The molecule has 1 aliphatic carbocycles. The molecule has 3 rings (SSSR count). The number of nitrogens with one attached hydrogen (secondary N) is 2. The Morgan fingerprint density at radius 2 is 1.97 bits per heavy atom. The van der Waals surface area contributed by atoms with Gasteiger partial charge >= 0.3 is 6.09 Å². The third-order valence-corrected chi connectivity index (χ3v) is 6.56. The van der Waals surface area contributed by atoms with E-state index >= 15 is 0 Å². The number of rotatable bonds is 7. The van der Waals surface area contributed by atoms with Crippen LogP contribution >= 0.6 is 11.9 Å². The first-order valence-corrected chi connectivity index (χ1v) is 12.6. The summed E-state index contributed by atoms with van der Waals surface area (Å²) in [5.74, 6) is 6.64. The first kappa shape index (κ1) is 25.5. The molecule has 1 amide bonds. The zero-order valence-electron chi connectivity index (χ0n) is 20.3. The standard InChI is InChI=1S/C23H39N7O2S/c1-23(2,3)32-22(31)29-13-12-17(15-29)30(25)28-21(24)19-14-18(33-26-4)10-11-20(19)27-16-8-6-5-7-9-16/h10-11,14,16-17,26-27H,5-9,12-13,15,25H2,1-4H3,(H2,24,28). The van der Waals surface area contributed by atoms with E-state index in [1.54, 1.807) is 4.90 Å². The number of likely N-dealkylation sites (tertiary alicyclic amines) is 1. The molecule has 2 fully saturated rings. The van der Waals surface area contributed by atoms with Crippen molar-refractivity contribution in [1.82, 2.24) is 14.7 Å². The molecule has 2 aliphatic rings. The van der Waals surface area contributed by atoms with Gasteiger partial charge in [-0.25, -0.2) is 15.8 Å². The quantitative estimate of drug-likeness (QED) is 0.155. The molecule has 1 aromatic rings. The molecular formula is C23H39N7O2S. The summed E-state index contributed by atoms with van der Waals surface area (Å²) in [7, 11) is 1.88. The second-order valence-electron chi connectivity index (χ2n) is 9.73. The van der Waals surface area contributed by atoms with Crippen LogP contribution in [0.5, 0.6) is 0 Å². The zero-order chi connectivity index (χ0) is 24.0. The number of benzene rings is 1. The molecular weight excluding hydrogens is 438 g/mol. The lowest BCUT2D eigenvalue weighted by molar-refractivity contribution is 0.0280. The summed E-state index contributed by atoms with van der Waals surface area (Å²) >= 11 is 1.52. The van der Waals surface area contributed by atoms with E-state index in [4.69, 9.17) is 16.3 Å². The van der Waals surface area contributed by atoms with Crippen LogP contribution in [0.2, 0.25) is 0 Å². The lowest BCUT2D eigenvalue weighted by Gasteiger charge is -2.26. The maximum atomic E-state index is 12.4. The monoisotopic (exact) mass is 477 g/mol. The van der Waals surface area contributed by atoms with Crippen LogP contribution in [0.15, 0.2) is 28.2 Å². The molecule has 1 atom stereocenters. The average Bonchev–Trinajstić information content (AvgIpc) is 3.25. The number of ether oxygens (including phenoxy) is 1. The summed E-state index contributed by atoms with van der Waals surface area (Å²) < 4.78 is 8.57. The summed E-state index contributed by atoms with van der Waals surface area (Å²) in [6, 6.07) is 6.48. The van der Waals surface area contributed by atoms with E-state index in [1.807, 2.05) is 33.9 Å². The van der Waals surface area contributed by atoms with E-state index in [0.717, 1.165) is 29.0 Å². The number of nitrogens with zero attached hydrogens (tertiary/aromatic N) is 3. The zero-order valence-corrected chi connectivity index (χ0v) is 21.1. The predicted octanol–water partition coefficient (Wildman–Crippen LogP) is 3.46. The minimum atomic E-state index is -0.530. The molecule has 33 heavy (non-hydrogen) atoms. The highest BCUT2D eigenvalue weighted by atomic mass is 32.2. The lowest BCUT2D eigenvalue weighted by Crippen LogP contribution is -2.42. The number of amides is 1. The minimum Gasteiger partial charge on any atom is -0.444 e. The van der Waals surface area contributed by atoms with Crippen molar-refractivity contribution in [3.8, 4) is 0 Å². The summed E-state index contributed by atoms with van der Waals surface area (Å²) in [5.41, 5.74) is 7.74. The van der Waals surface area contributed by atoms with E-state index in [2.05, 4.69) is 27.3 Å². The topological polar surface area (TPSA) is 121 Å². The van der Waals surface area contributed by atoms with Crippen molar-refractivity contribution in [1.29, 1.82) is 0 Å². The maximum absolute atomic E-state index is 12.4. The van der Waals surface area contributed by atoms with Crippen LogP contribution in [-0.2, 0) is 4.74 Å². The third kappa shape index (κ3) is 7.41. The van der Waals surface area contributed by atoms with Crippen LogP contribution in [0.1, 0.15) is 64.9 Å². The molecule has 1 aromatic carbocycles. The number of amidine groups is 1. The number of nitrogens with two attached hydrogens (primary N) is 2. The Hall–Kier alpha value is -2.17. The number of hydrogen-bond acceptors (Lipinski definition) is 8. The first-order valence-electron chi connectivity index (χ1n) is 11.8. The normalized spacial score (nSPS) is 20.1. The van der Waals surface area contributed by atoms with Crippen molar-refractivity contribution in [2.75, 3.05) is 25.5 Å². The fourth-order valence-electron chi connectivity index (χ4n) is 4.22. The van der Waals surface area contributed by atoms with Crippen LogP contribution in [0.3, 0.4) is 0 Å². The molecule has 9 nitrogen and oxygen atoms in total. The van der Waals surface area contributed by atoms with Crippen LogP contribution in [0, 0.1) is 0 Å². The molecule has 1 unspecified atom stereocenters. The summed E-state index contributed by atoms with van der Waals surface area (Å²) in [4.78, 5) is 15.1. The Labute approximate surface area is 201 Å². The molecule has 6 N–H and O–H groups in total. The predicted molar refractivity (Wildman–Crippen MR) is 135 cm³/mol. The van der Waals surface area contributed by atoms with Gasteiger partial charge in [-0.2, -0.15) is 0 Å². The van der Waals surface area contributed by atoms with Crippen molar-refractivity contribution in [2.45, 2.75) is 81.9 Å². The smallest absolute Gasteiger partial charge is 0.410 e. The van der Waals surface area contributed by atoms with Gasteiger partial charge in [0, 0.05) is 35.3 Å². The molecule has 184 valence electrons. The molecule has 1 aliphatic heterocycles. The number of hydrazone groups is 1. The first-order chi connectivity index (χ1) is 15.7. The Kier molecular flexibility index (Phi) is 8.72. The number of hydrogen-bond donors (Lipinski definition) is 4. The van der Waals surface area contributed by atoms with E-state index < -0.39 is 5.60 Å². The fourth-order valence-corrected chi connectivity index (χ4v) is 4.77. The number of carbonyl (C=O) groups is 1. The average molecular weight is 478 g/mol. The van der Waals surface area contributed by atoms with Gasteiger partial charge in [-0.1, -0.05) is 19.3 Å². The number of carbonyl (C=O) groups excluding carboxylic acids is 1. The van der Waals surface area contributed by atoms with Gasteiger partial charge in [0.1, 0.15) is 5.60 Å². The van der Waals surface area contributed by atoms with Gasteiger partial charge in [-0.15, -0.1) is 5.10 Å². The molecule has 0 spiro atoms. The third-order valence-electron chi connectivity index (χ3n) is 5.86. The van der Waals surface area contributed by atoms with Crippen LogP contribution in [0.25, 0.3) is 0 Å². The molecule has 10 heteroatoms. The van der Waals surface area contributed by atoms with Gasteiger partial charge in [0.05, 0.1) is 6.04 Å². The molecule has 0 radical (unpaired) electrons. The van der Waals surface area contributed by atoms with Gasteiger partial charge < -0.3 is 20.7 Å².